The predicted molar refractivity (Wildman–Crippen MR) is 124 cm³/mol. The Hall–Kier alpha value is -1.74. The maximum atomic E-state index is 5.72. The summed E-state index contributed by atoms with van der Waals surface area (Å²) in [6, 6.07) is 12.1. The number of nitrogens with one attached hydrogen (secondary N) is 2. The summed E-state index contributed by atoms with van der Waals surface area (Å²) >= 11 is 0. The molecule has 7 heteroatoms. The zero-order chi connectivity index (χ0) is 19.3. The third-order valence-corrected chi connectivity index (χ3v) is 4.17. The first-order valence-corrected chi connectivity index (χ1v) is 9.49. The van der Waals surface area contributed by atoms with E-state index >= 15 is 0 Å². The summed E-state index contributed by atoms with van der Waals surface area (Å²) in [6.45, 7) is 6.79. The molecule has 2 rings (SSSR count). The van der Waals surface area contributed by atoms with Crippen LogP contribution in [0.25, 0.3) is 0 Å². The minimum absolute atomic E-state index is 0. The zero-order valence-electron chi connectivity index (χ0n) is 16.9. The van der Waals surface area contributed by atoms with Crippen molar-refractivity contribution in [3.63, 3.8) is 0 Å². The highest BCUT2D eigenvalue weighted by molar-refractivity contribution is 14.0. The van der Waals surface area contributed by atoms with Gasteiger partial charge in [-0.2, -0.15) is 0 Å². The smallest absolute Gasteiger partial charge is 0.191 e. The van der Waals surface area contributed by atoms with Gasteiger partial charge in [0.15, 0.2) is 5.96 Å². The van der Waals surface area contributed by atoms with Crippen LogP contribution in [0.5, 0.6) is 5.75 Å². The Morgan fingerprint density at radius 2 is 2.00 bits per heavy atom. The van der Waals surface area contributed by atoms with Gasteiger partial charge >= 0.3 is 0 Å². The first-order chi connectivity index (χ1) is 13.2. The number of rotatable bonds is 11. The number of hydrogen-bond donors (Lipinski definition) is 2. The maximum Gasteiger partial charge on any atom is 0.191 e. The lowest BCUT2D eigenvalue weighted by Crippen LogP contribution is -2.43. The third kappa shape index (κ3) is 9.45. The van der Waals surface area contributed by atoms with Crippen LogP contribution in [0.1, 0.15) is 31.6 Å². The number of aliphatic imine (C=N–C) groups is 1. The van der Waals surface area contributed by atoms with Gasteiger partial charge in [0.1, 0.15) is 11.5 Å². The number of guanidine groups is 1. The minimum Gasteiger partial charge on any atom is -0.497 e. The molecule has 2 N–H and O–H groups in total. The summed E-state index contributed by atoms with van der Waals surface area (Å²) in [5, 5.41) is 6.76. The van der Waals surface area contributed by atoms with E-state index in [9.17, 15) is 0 Å². The Bertz CT molecular complexity index is 660. The molecule has 0 aliphatic rings. The molecular formula is C21H32IN3O3. The highest BCUT2D eigenvalue weighted by Crippen LogP contribution is 2.11. The van der Waals surface area contributed by atoms with Gasteiger partial charge in [0.05, 0.1) is 33.1 Å². The van der Waals surface area contributed by atoms with E-state index in [-0.39, 0.29) is 24.0 Å². The molecule has 0 fully saturated rings. The number of furan rings is 1. The van der Waals surface area contributed by atoms with Crippen molar-refractivity contribution in [1.82, 2.24) is 10.6 Å². The first kappa shape index (κ1) is 24.3. The molecule has 0 radical (unpaired) electrons. The first-order valence-electron chi connectivity index (χ1n) is 9.49. The summed E-state index contributed by atoms with van der Waals surface area (Å²) < 4.78 is 16.2. The van der Waals surface area contributed by atoms with Crippen LogP contribution in [0.2, 0.25) is 0 Å². The topological polar surface area (TPSA) is 68.0 Å². The zero-order valence-corrected chi connectivity index (χ0v) is 19.3. The van der Waals surface area contributed by atoms with Crippen molar-refractivity contribution >= 4 is 29.9 Å². The Morgan fingerprint density at radius 3 is 2.64 bits per heavy atom. The van der Waals surface area contributed by atoms with Crippen molar-refractivity contribution in [2.24, 2.45) is 4.99 Å². The molecule has 0 saturated heterocycles. The number of hydrogen-bond acceptors (Lipinski definition) is 4. The second-order valence-corrected chi connectivity index (χ2v) is 6.34. The van der Waals surface area contributed by atoms with Gasteiger partial charge in [0.2, 0.25) is 0 Å². The van der Waals surface area contributed by atoms with Crippen LogP contribution in [-0.4, -0.2) is 38.8 Å². The summed E-state index contributed by atoms with van der Waals surface area (Å²) in [6.07, 6.45) is 3.55. The van der Waals surface area contributed by atoms with Crippen molar-refractivity contribution in [2.45, 2.75) is 39.3 Å². The number of methoxy groups -OCH3 is 1. The van der Waals surface area contributed by atoms with Crippen molar-refractivity contribution in [3.05, 3.63) is 54.0 Å². The Morgan fingerprint density at radius 1 is 1.21 bits per heavy atom. The fourth-order valence-electron chi connectivity index (χ4n) is 2.38. The highest BCUT2D eigenvalue weighted by Gasteiger charge is 2.04. The second kappa shape index (κ2) is 14.3. The SMILES string of the molecule is CCC(C)NC(=NCCOCc1ccc(OC)cc1)NCCc1ccco1.I. The molecule has 0 aliphatic carbocycles. The van der Waals surface area contributed by atoms with Crippen LogP contribution in [0.3, 0.4) is 0 Å². The molecule has 0 saturated carbocycles. The largest absolute Gasteiger partial charge is 0.497 e. The van der Waals surface area contributed by atoms with Crippen LogP contribution < -0.4 is 15.4 Å². The molecule has 1 atom stereocenters. The Balaban J connectivity index is 0.00000392. The number of nitrogens with zero attached hydrogens (tertiary/aromatic N) is 1. The van der Waals surface area contributed by atoms with E-state index in [1.807, 2.05) is 36.4 Å². The van der Waals surface area contributed by atoms with Gasteiger partial charge in [-0.05, 0) is 43.2 Å². The third-order valence-electron chi connectivity index (χ3n) is 4.17. The molecule has 1 aromatic heterocycles. The number of benzene rings is 1. The molecule has 28 heavy (non-hydrogen) atoms. The van der Waals surface area contributed by atoms with E-state index < -0.39 is 0 Å². The summed E-state index contributed by atoms with van der Waals surface area (Å²) in [5.74, 6) is 2.63. The minimum atomic E-state index is 0. The quantitative estimate of drug-likeness (QED) is 0.211. The summed E-state index contributed by atoms with van der Waals surface area (Å²) in [5.41, 5.74) is 1.12. The van der Waals surface area contributed by atoms with Crippen molar-refractivity contribution in [2.75, 3.05) is 26.8 Å². The van der Waals surface area contributed by atoms with Gasteiger partial charge in [-0.1, -0.05) is 19.1 Å². The Kier molecular flexibility index (Phi) is 12.4. The standard InChI is InChI=1S/C21H31N3O3.HI/c1-4-17(2)24-21(22-12-11-20-6-5-14-27-20)23-13-15-26-16-18-7-9-19(25-3)10-8-18;/h5-10,14,17H,4,11-13,15-16H2,1-3H3,(H2,22,23,24);1H. The molecule has 1 unspecified atom stereocenters. The average molecular weight is 501 g/mol. The molecule has 6 nitrogen and oxygen atoms in total. The summed E-state index contributed by atoms with van der Waals surface area (Å²) in [7, 11) is 1.66. The van der Waals surface area contributed by atoms with Gasteiger partial charge in [0, 0.05) is 19.0 Å². The van der Waals surface area contributed by atoms with E-state index in [0.717, 1.165) is 42.4 Å². The normalized spacial score (nSPS) is 12.2. The van der Waals surface area contributed by atoms with E-state index in [2.05, 4.69) is 29.5 Å². The molecule has 0 amide bonds. The molecule has 0 spiro atoms. The van der Waals surface area contributed by atoms with Crippen molar-refractivity contribution in [1.29, 1.82) is 0 Å². The molecule has 1 heterocycles. The number of ether oxygens (including phenoxy) is 2. The molecule has 0 aliphatic heterocycles. The van der Waals surface area contributed by atoms with Gasteiger partial charge in [-0.3, -0.25) is 4.99 Å². The van der Waals surface area contributed by atoms with E-state index in [1.165, 1.54) is 0 Å². The van der Waals surface area contributed by atoms with Crippen LogP contribution in [0.15, 0.2) is 52.1 Å². The van der Waals surface area contributed by atoms with E-state index in [0.29, 0.717) is 25.8 Å². The van der Waals surface area contributed by atoms with Crippen LogP contribution >= 0.6 is 24.0 Å². The fourth-order valence-corrected chi connectivity index (χ4v) is 2.38. The lowest BCUT2D eigenvalue weighted by molar-refractivity contribution is 0.128. The van der Waals surface area contributed by atoms with Gasteiger partial charge in [-0.25, -0.2) is 0 Å². The van der Waals surface area contributed by atoms with Crippen molar-refractivity contribution < 1.29 is 13.9 Å². The maximum absolute atomic E-state index is 5.72. The average Bonchev–Trinajstić information content (AvgIpc) is 3.21. The number of halogens is 1. The van der Waals surface area contributed by atoms with Gasteiger partial charge < -0.3 is 24.5 Å². The van der Waals surface area contributed by atoms with Crippen LogP contribution in [-0.2, 0) is 17.8 Å². The van der Waals surface area contributed by atoms with Gasteiger partial charge in [-0.15, -0.1) is 24.0 Å². The van der Waals surface area contributed by atoms with Crippen LogP contribution in [0, 0.1) is 0 Å². The van der Waals surface area contributed by atoms with Gasteiger partial charge in [0.25, 0.3) is 0 Å². The van der Waals surface area contributed by atoms with E-state index in [1.54, 1.807) is 13.4 Å². The molecule has 156 valence electrons. The predicted octanol–water partition coefficient (Wildman–Crippen LogP) is 4.00. The van der Waals surface area contributed by atoms with E-state index in [4.69, 9.17) is 13.9 Å². The monoisotopic (exact) mass is 501 g/mol. The second-order valence-electron chi connectivity index (χ2n) is 6.34. The van der Waals surface area contributed by atoms with Crippen molar-refractivity contribution in [3.8, 4) is 5.75 Å². The summed E-state index contributed by atoms with van der Waals surface area (Å²) in [4.78, 5) is 4.61. The highest BCUT2D eigenvalue weighted by atomic mass is 127. The molecule has 0 bridgehead atoms. The Labute approximate surface area is 185 Å². The van der Waals surface area contributed by atoms with Crippen LogP contribution in [0.4, 0.5) is 0 Å². The molecule has 1 aromatic carbocycles. The molecule has 2 aromatic rings. The lowest BCUT2D eigenvalue weighted by atomic mass is 10.2. The lowest BCUT2D eigenvalue weighted by Gasteiger charge is -2.17. The molecular weight excluding hydrogens is 469 g/mol. The fraction of sp³-hybridized carbons (Fsp3) is 0.476.